The van der Waals surface area contributed by atoms with Crippen LogP contribution >= 0.6 is 0 Å². The summed E-state index contributed by atoms with van der Waals surface area (Å²) in [7, 11) is -3.57. The van der Waals surface area contributed by atoms with Gasteiger partial charge in [0.1, 0.15) is 5.82 Å². The molecule has 1 amide bonds. The SMILES string of the molecule is CC1(NS(=O)(=O)c2ccc3ccc(NC(=O)C45CC4C5)nc3c2)CC1. The first kappa shape index (κ1) is 15.3. The fourth-order valence-electron chi connectivity index (χ4n) is 3.32. The molecule has 3 saturated carbocycles. The van der Waals surface area contributed by atoms with E-state index in [1.165, 1.54) is 0 Å². The zero-order valence-corrected chi connectivity index (χ0v) is 14.7. The van der Waals surface area contributed by atoms with E-state index >= 15 is 0 Å². The zero-order chi connectivity index (χ0) is 17.4. The largest absolute Gasteiger partial charge is 0.310 e. The number of rotatable bonds is 5. The van der Waals surface area contributed by atoms with Crippen LogP contribution in [0.15, 0.2) is 35.2 Å². The third-order valence-electron chi connectivity index (χ3n) is 5.73. The molecule has 6 nitrogen and oxygen atoms in total. The molecule has 0 atom stereocenters. The Kier molecular flexibility index (Phi) is 2.81. The summed E-state index contributed by atoms with van der Waals surface area (Å²) in [5, 5.41) is 3.71. The van der Waals surface area contributed by atoms with Crippen molar-refractivity contribution in [1.29, 1.82) is 0 Å². The lowest BCUT2D eigenvalue weighted by molar-refractivity contribution is -0.119. The van der Waals surface area contributed by atoms with E-state index in [0.717, 1.165) is 31.1 Å². The van der Waals surface area contributed by atoms with Gasteiger partial charge < -0.3 is 5.32 Å². The topological polar surface area (TPSA) is 88.2 Å². The Morgan fingerprint density at radius 2 is 1.88 bits per heavy atom. The van der Waals surface area contributed by atoms with Crippen molar-refractivity contribution in [3.8, 4) is 0 Å². The molecule has 1 aromatic heterocycles. The van der Waals surface area contributed by atoms with Gasteiger partial charge in [0, 0.05) is 10.9 Å². The van der Waals surface area contributed by atoms with Crippen LogP contribution in [0.2, 0.25) is 0 Å². The van der Waals surface area contributed by atoms with Crippen molar-refractivity contribution in [2.75, 3.05) is 5.32 Å². The zero-order valence-electron chi connectivity index (χ0n) is 13.9. The van der Waals surface area contributed by atoms with Gasteiger partial charge in [0.2, 0.25) is 15.9 Å². The minimum absolute atomic E-state index is 0.0384. The van der Waals surface area contributed by atoms with E-state index in [9.17, 15) is 13.2 Å². The summed E-state index contributed by atoms with van der Waals surface area (Å²) in [6, 6.07) is 8.50. The molecule has 130 valence electrons. The molecule has 3 aliphatic rings. The van der Waals surface area contributed by atoms with E-state index in [1.54, 1.807) is 24.3 Å². The number of carbonyl (C=O) groups is 1. The van der Waals surface area contributed by atoms with Crippen LogP contribution < -0.4 is 10.0 Å². The first-order valence-corrected chi connectivity index (χ1v) is 10.0. The van der Waals surface area contributed by atoms with E-state index in [0.29, 0.717) is 17.3 Å². The molecule has 3 fully saturated rings. The van der Waals surface area contributed by atoms with E-state index in [2.05, 4.69) is 15.0 Å². The molecule has 2 aromatic rings. The fourth-order valence-corrected chi connectivity index (χ4v) is 4.80. The van der Waals surface area contributed by atoms with Gasteiger partial charge in [0.15, 0.2) is 0 Å². The predicted molar refractivity (Wildman–Crippen MR) is 93.5 cm³/mol. The van der Waals surface area contributed by atoms with Crippen molar-refractivity contribution in [2.45, 2.75) is 43.0 Å². The molecule has 0 aliphatic heterocycles. The summed E-state index contributed by atoms with van der Waals surface area (Å²) in [6.45, 7) is 1.90. The molecule has 1 heterocycles. The number of nitrogens with zero attached hydrogens (tertiary/aromatic N) is 1. The highest BCUT2D eigenvalue weighted by Gasteiger charge is 2.74. The highest BCUT2D eigenvalue weighted by molar-refractivity contribution is 7.89. The number of fused-ring (bicyclic) bond motifs is 2. The number of aromatic nitrogens is 1. The van der Waals surface area contributed by atoms with Gasteiger partial charge in [-0.15, -0.1) is 0 Å². The smallest absolute Gasteiger partial charge is 0.241 e. The fraction of sp³-hybridized carbons (Fsp3) is 0.444. The maximum atomic E-state index is 12.5. The van der Waals surface area contributed by atoms with Crippen molar-refractivity contribution < 1.29 is 13.2 Å². The second kappa shape index (κ2) is 4.59. The van der Waals surface area contributed by atoms with Crippen LogP contribution in [0.1, 0.15) is 32.6 Å². The van der Waals surface area contributed by atoms with Crippen molar-refractivity contribution in [2.24, 2.45) is 11.3 Å². The Bertz CT molecular complexity index is 1020. The Hall–Kier alpha value is -1.99. The third-order valence-corrected chi connectivity index (χ3v) is 7.37. The first-order chi connectivity index (χ1) is 11.8. The van der Waals surface area contributed by atoms with Gasteiger partial charge in [-0.25, -0.2) is 18.1 Å². The predicted octanol–water partition coefficient (Wildman–Crippen LogP) is 2.41. The van der Waals surface area contributed by atoms with Crippen molar-refractivity contribution in [1.82, 2.24) is 9.71 Å². The summed E-state index contributed by atoms with van der Waals surface area (Å²) < 4.78 is 27.8. The van der Waals surface area contributed by atoms with Crippen LogP contribution in [-0.2, 0) is 14.8 Å². The molecule has 25 heavy (non-hydrogen) atoms. The molecule has 0 bridgehead atoms. The quantitative estimate of drug-likeness (QED) is 0.860. The number of nitrogens with one attached hydrogen (secondary N) is 2. The number of amides is 1. The van der Waals surface area contributed by atoms with Crippen molar-refractivity contribution in [3.63, 3.8) is 0 Å². The van der Waals surface area contributed by atoms with Crippen LogP contribution in [0.25, 0.3) is 10.9 Å². The molecule has 5 rings (SSSR count). The number of pyridine rings is 1. The number of anilines is 1. The standard InChI is InChI=1S/C18H19N3O3S/c1-17(6-7-17)21-25(23,24)13-4-2-11-3-5-15(19-14(11)8-13)20-16(22)18-9-12(18)10-18/h2-5,8,12,21H,6-7,9-10H2,1H3,(H,19,20,22). The molecule has 0 spiro atoms. The lowest BCUT2D eigenvalue weighted by Gasteiger charge is -2.13. The second-order valence-electron chi connectivity index (χ2n) is 7.93. The molecular formula is C18H19N3O3S. The van der Waals surface area contributed by atoms with Crippen molar-refractivity contribution >= 4 is 32.7 Å². The van der Waals surface area contributed by atoms with E-state index in [1.807, 2.05) is 13.0 Å². The number of hydrogen-bond acceptors (Lipinski definition) is 4. The Labute approximate surface area is 146 Å². The molecule has 0 radical (unpaired) electrons. The highest BCUT2D eigenvalue weighted by Crippen LogP contribution is 2.75. The number of sulfonamides is 1. The van der Waals surface area contributed by atoms with Gasteiger partial charge in [-0.05, 0) is 62.8 Å². The van der Waals surface area contributed by atoms with Crippen molar-refractivity contribution in [3.05, 3.63) is 30.3 Å². The van der Waals surface area contributed by atoms with E-state index in [4.69, 9.17) is 0 Å². The summed E-state index contributed by atoms with van der Waals surface area (Å²) in [5.74, 6) is 1.08. The summed E-state index contributed by atoms with van der Waals surface area (Å²) in [6.07, 6.45) is 3.69. The minimum Gasteiger partial charge on any atom is -0.310 e. The molecular weight excluding hydrogens is 338 g/mol. The lowest BCUT2D eigenvalue weighted by Crippen LogP contribution is -2.34. The van der Waals surface area contributed by atoms with Gasteiger partial charge >= 0.3 is 0 Å². The maximum absolute atomic E-state index is 12.5. The van der Waals surface area contributed by atoms with Gasteiger partial charge in [-0.3, -0.25) is 4.79 Å². The number of carbonyl (C=O) groups excluding carboxylic acids is 1. The van der Waals surface area contributed by atoms with Gasteiger partial charge in [-0.1, -0.05) is 6.07 Å². The highest BCUT2D eigenvalue weighted by atomic mass is 32.2. The van der Waals surface area contributed by atoms with Crippen LogP contribution in [0, 0.1) is 11.3 Å². The summed E-state index contributed by atoms with van der Waals surface area (Å²) in [5.41, 5.74) is 0.120. The molecule has 2 N–H and O–H groups in total. The van der Waals surface area contributed by atoms with Crippen LogP contribution in [0.5, 0.6) is 0 Å². The average Bonchev–Trinajstić information content (AvgIpc) is 3.42. The molecule has 7 heteroatoms. The maximum Gasteiger partial charge on any atom is 0.241 e. The first-order valence-electron chi connectivity index (χ1n) is 8.56. The Balaban J connectivity index is 1.44. The number of hydrogen-bond donors (Lipinski definition) is 2. The number of benzene rings is 1. The average molecular weight is 357 g/mol. The monoisotopic (exact) mass is 357 g/mol. The van der Waals surface area contributed by atoms with Gasteiger partial charge in [-0.2, -0.15) is 0 Å². The lowest BCUT2D eigenvalue weighted by atomic mass is 10.2. The van der Waals surface area contributed by atoms with Crippen LogP contribution in [0.3, 0.4) is 0 Å². The Morgan fingerprint density at radius 3 is 2.52 bits per heavy atom. The van der Waals surface area contributed by atoms with E-state index < -0.39 is 10.0 Å². The molecule has 3 aliphatic carbocycles. The Morgan fingerprint density at radius 1 is 1.20 bits per heavy atom. The second-order valence-corrected chi connectivity index (χ2v) is 9.61. The normalized spacial score (nSPS) is 28.3. The molecule has 1 aromatic carbocycles. The summed E-state index contributed by atoms with van der Waals surface area (Å²) in [4.78, 5) is 16.8. The van der Waals surface area contributed by atoms with Crippen LogP contribution in [0.4, 0.5) is 5.82 Å². The van der Waals surface area contributed by atoms with E-state index in [-0.39, 0.29) is 21.8 Å². The van der Waals surface area contributed by atoms with Gasteiger partial charge in [0.05, 0.1) is 15.8 Å². The molecule has 0 unspecified atom stereocenters. The molecule has 0 saturated heterocycles. The minimum atomic E-state index is -3.57. The van der Waals surface area contributed by atoms with Crippen LogP contribution in [-0.4, -0.2) is 24.8 Å². The summed E-state index contributed by atoms with van der Waals surface area (Å²) >= 11 is 0. The third kappa shape index (κ3) is 2.53. The van der Waals surface area contributed by atoms with Gasteiger partial charge in [0.25, 0.3) is 0 Å².